The van der Waals surface area contributed by atoms with Gasteiger partial charge < -0.3 is 15.1 Å². The van der Waals surface area contributed by atoms with E-state index in [0.717, 1.165) is 12.8 Å². The summed E-state index contributed by atoms with van der Waals surface area (Å²) in [5, 5.41) is 19.3. The number of amides is 1. The monoisotopic (exact) mass is 253 g/mol. The van der Waals surface area contributed by atoms with Crippen molar-refractivity contribution < 1.29 is 19.8 Å². The number of fused-ring (bicyclic) bond motifs is 1. The predicted octanol–water partition coefficient (Wildman–Crippen LogP) is 0.613. The molecule has 2 aliphatic carbocycles. The van der Waals surface area contributed by atoms with Crippen LogP contribution in [0.5, 0.6) is 0 Å². The van der Waals surface area contributed by atoms with Crippen LogP contribution in [0, 0.1) is 11.3 Å². The Kier molecular flexibility index (Phi) is 2.31. The highest BCUT2D eigenvalue weighted by Crippen LogP contribution is 2.52. The lowest BCUT2D eigenvalue weighted by Gasteiger charge is -2.38. The maximum atomic E-state index is 12.2. The van der Waals surface area contributed by atoms with E-state index < -0.39 is 17.6 Å². The predicted molar refractivity (Wildman–Crippen MR) is 62.8 cm³/mol. The first-order chi connectivity index (χ1) is 8.36. The van der Waals surface area contributed by atoms with Crippen molar-refractivity contribution in [2.45, 2.75) is 50.7 Å². The molecule has 2 saturated carbocycles. The normalized spacial score (nSPS) is 37.0. The van der Waals surface area contributed by atoms with E-state index in [4.69, 9.17) is 0 Å². The van der Waals surface area contributed by atoms with Crippen LogP contribution in [0.3, 0.4) is 0 Å². The minimum Gasteiger partial charge on any atom is -0.479 e. The van der Waals surface area contributed by atoms with Gasteiger partial charge in [-0.25, -0.2) is 4.79 Å². The number of carboxylic acids is 1. The molecule has 2 saturated heterocycles. The Bertz CT molecular complexity index is 409. The van der Waals surface area contributed by atoms with Crippen molar-refractivity contribution in [2.75, 3.05) is 6.54 Å². The van der Waals surface area contributed by atoms with E-state index in [9.17, 15) is 19.8 Å². The average molecular weight is 253 g/mol. The maximum Gasteiger partial charge on any atom is 0.329 e. The van der Waals surface area contributed by atoms with Gasteiger partial charge >= 0.3 is 5.97 Å². The Morgan fingerprint density at radius 2 is 2.00 bits per heavy atom. The molecule has 4 fully saturated rings. The largest absolute Gasteiger partial charge is 0.479 e. The molecule has 1 amide bonds. The van der Waals surface area contributed by atoms with E-state index in [1.165, 1.54) is 4.90 Å². The molecular weight excluding hydrogens is 234 g/mol. The number of carboxylic acid groups (broad SMARTS) is 1. The zero-order valence-corrected chi connectivity index (χ0v) is 10.6. The third kappa shape index (κ3) is 1.56. The first-order valence-corrected chi connectivity index (χ1v) is 6.59. The summed E-state index contributed by atoms with van der Waals surface area (Å²) >= 11 is 0. The third-order valence-electron chi connectivity index (χ3n) is 4.95. The van der Waals surface area contributed by atoms with E-state index in [0.29, 0.717) is 31.7 Å². The zero-order valence-electron chi connectivity index (χ0n) is 10.6. The second kappa shape index (κ2) is 3.47. The molecule has 2 bridgehead atoms. The van der Waals surface area contributed by atoms with Gasteiger partial charge in [0.25, 0.3) is 5.91 Å². The van der Waals surface area contributed by atoms with Crippen molar-refractivity contribution >= 4 is 11.9 Å². The molecule has 5 nitrogen and oxygen atoms in total. The summed E-state index contributed by atoms with van der Waals surface area (Å²) in [6, 6.07) is 0. The summed E-state index contributed by atoms with van der Waals surface area (Å²) in [6.45, 7) is 2.55. The smallest absolute Gasteiger partial charge is 0.329 e. The van der Waals surface area contributed by atoms with Crippen LogP contribution in [-0.2, 0) is 9.59 Å². The molecule has 0 aromatic rings. The van der Waals surface area contributed by atoms with Gasteiger partial charge in [-0.15, -0.1) is 0 Å². The van der Waals surface area contributed by atoms with Crippen LogP contribution >= 0.6 is 0 Å². The number of aliphatic hydroxyl groups excluding tert-OH is 1. The Morgan fingerprint density at radius 1 is 1.39 bits per heavy atom. The number of rotatable bonds is 4. The van der Waals surface area contributed by atoms with Gasteiger partial charge in [0.2, 0.25) is 0 Å². The minimum atomic E-state index is -1.03. The van der Waals surface area contributed by atoms with Crippen LogP contribution < -0.4 is 0 Å². The van der Waals surface area contributed by atoms with Gasteiger partial charge in [-0.05, 0) is 43.4 Å². The fourth-order valence-electron chi connectivity index (χ4n) is 3.42. The second-order valence-corrected chi connectivity index (χ2v) is 6.59. The first-order valence-electron chi connectivity index (χ1n) is 6.59. The van der Waals surface area contributed by atoms with E-state index in [1.807, 2.05) is 0 Å². The molecule has 2 aliphatic heterocycles. The number of carbonyl (C=O) groups is 2. The Balaban J connectivity index is 1.71. The highest BCUT2D eigenvalue weighted by molar-refractivity contribution is 5.91. The topological polar surface area (TPSA) is 77.8 Å². The van der Waals surface area contributed by atoms with Crippen LogP contribution in [-0.4, -0.2) is 45.2 Å². The van der Waals surface area contributed by atoms with Crippen LogP contribution in [0.1, 0.15) is 39.0 Å². The third-order valence-corrected chi connectivity index (χ3v) is 4.95. The summed E-state index contributed by atoms with van der Waals surface area (Å²) in [6.07, 6.45) is 2.63. The molecule has 5 heteroatoms. The van der Waals surface area contributed by atoms with Gasteiger partial charge in [0.15, 0.2) is 0 Å². The molecule has 0 aromatic heterocycles. The summed E-state index contributed by atoms with van der Waals surface area (Å²) in [5.41, 5.74) is -0.915. The highest BCUT2D eigenvalue weighted by atomic mass is 16.4. The second-order valence-electron chi connectivity index (χ2n) is 6.59. The number of hydrogen-bond acceptors (Lipinski definition) is 3. The number of nitrogens with zero attached hydrogens (tertiary/aromatic N) is 1. The van der Waals surface area contributed by atoms with Gasteiger partial charge in [0.1, 0.15) is 11.6 Å². The Hall–Kier alpha value is -1.10. The molecule has 0 radical (unpaired) electrons. The van der Waals surface area contributed by atoms with E-state index >= 15 is 0 Å². The molecule has 2 N–H and O–H groups in total. The number of carbonyl (C=O) groups excluding carboxylic acids is 1. The van der Waals surface area contributed by atoms with Crippen LogP contribution in [0.2, 0.25) is 0 Å². The van der Waals surface area contributed by atoms with Crippen molar-refractivity contribution in [3.8, 4) is 0 Å². The van der Waals surface area contributed by atoms with Crippen molar-refractivity contribution in [3.63, 3.8) is 0 Å². The lowest BCUT2D eigenvalue weighted by Crippen LogP contribution is -2.56. The molecule has 100 valence electrons. The lowest BCUT2D eigenvalue weighted by molar-refractivity contribution is -0.162. The molecule has 1 atom stereocenters. The van der Waals surface area contributed by atoms with Gasteiger partial charge in [-0.1, -0.05) is 6.92 Å². The van der Waals surface area contributed by atoms with Gasteiger partial charge in [0.05, 0.1) is 0 Å². The average Bonchev–Trinajstić information content (AvgIpc) is 2.76. The highest BCUT2D eigenvalue weighted by Gasteiger charge is 2.63. The van der Waals surface area contributed by atoms with Gasteiger partial charge in [-0.2, -0.15) is 0 Å². The standard InChI is InChI=1S/C13H19NO4/c1-12(2-3-12)6-9(15)10(16)14-7-8-4-13(14,5-8)11(17)18/h8-9,15H,2-7H2,1H3,(H,17,18). The minimum absolute atomic E-state index is 0.0914. The van der Waals surface area contributed by atoms with E-state index in [1.54, 1.807) is 0 Å². The van der Waals surface area contributed by atoms with Crippen molar-refractivity contribution in [2.24, 2.45) is 11.3 Å². The summed E-state index contributed by atoms with van der Waals surface area (Å²) in [7, 11) is 0. The SMILES string of the molecule is CC1(CC(O)C(=O)N2CC3CC2(C(=O)O)C3)CC1. The van der Waals surface area contributed by atoms with Crippen LogP contribution in [0.25, 0.3) is 0 Å². The molecule has 0 aromatic carbocycles. The van der Waals surface area contributed by atoms with Crippen LogP contribution in [0.15, 0.2) is 0 Å². The van der Waals surface area contributed by atoms with Crippen molar-refractivity contribution in [1.29, 1.82) is 0 Å². The number of aliphatic carboxylic acids is 1. The molecule has 18 heavy (non-hydrogen) atoms. The summed E-state index contributed by atoms with van der Waals surface area (Å²) in [4.78, 5) is 24.9. The summed E-state index contributed by atoms with van der Waals surface area (Å²) < 4.78 is 0. The lowest BCUT2D eigenvalue weighted by atomic mass is 9.73. The Morgan fingerprint density at radius 3 is 2.50 bits per heavy atom. The van der Waals surface area contributed by atoms with Crippen molar-refractivity contribution in [1.82, 2.24) is 4.90 Å². The van der Waals surface area contributed by atoms with Gasteiger partial charge in [-0.3, -0.25) is 4.79 Å². The molecule has 4 aliphatic rings. The van der Waals surface area contributed by atoms with E-state index in [-0.39, 0.29) is 11.3 Å². The molecule has 0 spiro atoms. The molecular formula is C13H19NO4. The molecule has 1 unspecified atom stereocenters. The molecule has 4 rings (SSSR count). The Labute approximate surface area is 106 Å². The molecule has 2 heterocycles. The zero-order chi connectivity index (χ0) is 13.1. The van der Waals surface area contributed by atoms with Crippen molar-refractivity contribution in [3.05, 3.63) is 0 Å². The van der Waals surface area contributed by atoms with Crippen LogP contribution in [0.4, 0.5) is 0 Å². The number of hydrogen-bond donors (Lipinski definition) is 2. The summed E-state index contributed by atoms with van der Waals surface area (Å²) in [5.74, 6) is -0.992. The quantitative estimate of drug-likeness (QED) is 0.769. The fourth-order valence-corrected chi connectivity index (χ4v) is 3.42. The number of aliphatic hydroxyl groups is 1. The van der Waals surface area contributed by atoms with E-state index in [2.05, 4.69) is 6.92 Å². The fraction of sp³-hybridized carbons (Fsp3) is 0.846. The first kappa shape index (κ1) is 12.0. The van der Waals surface area contributed by atoms with Gasteiger partial charge in [0, 0.05) is 6.54 Å². The maximum absolute atomic E-state index is 12.2.